The van der Waals surface area contributed by atoms with Gasteiger partial charge in [0.25, 0.3) is 5.69 Å². The fourth-order valence-corrected chi connectivity index (χ4v) is 2.82. The summed E-state index contributed by atoms with van der Waals surface area (Å²) in [6.45, 7) is 3.41. The van der Waals surface area contributed by atoms with E-state index < -0.39 is 6.10 Å². The average Bonchev–Trinajstić information content (AvgIpc) is 2.54. The largest absolute Gasteiger partial charge is 0.393 e. The topological polar surface area (TPSA) is 95.7 Å². The van der Waals surface area contributed by atoms with Crippen molar-refractivity contribution in [3.05, 3.63) is 34.4 Å². The molecule has 1 amide bonds. The van der Waals surface area contributed by atoms with Gasteiger partial charge < -0.3 is 15.3 Å². The highest BCUT2D eigenvalue weighted by Gasteiger charge is 2.27. The maximum absolute atomic E-state index is 12.1. The molecular weight excluding hydrogens is 298 g/mol. The number of nitrogens with zero attached hydrogens (tertiary/aromatic N) is 2. The van der Waals surface area contributed by atoms with Crippen molar-refractivity contribution < 1.29 is 14.8 Å². The molecule has 1 aliphatic heterocycles. The van der Waals surface area contributed by atoms with Crippen molar-refractivity contribution in [2.24, 2.45) is 5.92 Å². The second kappa shape index (κ2) is 7.92. The minimum Gasteiger partial charge on any atom is -0.393 e. The van der Waals surface area contributed by atoms with Crippen LogP contribution >= 0.6 is 0 Å². The molecule has 23 heavy (non-hydrogen) atoms. The Balaban J connectivity index is 1.89. The summed E-state index contributed by atoms with van der Waals surface area (Å²) in [5.41, 5.74) is 0.720. The molecule has 0 aliphatic carbocycles. The molecule has 1 aromatic carbocycles. The lowest BCUT2D eigenvalue weighted by atomic mass is 9.95. The summed E-state index contributed by atoms with van der Waals surface area (Å²) in [6.07, 6.45) is 1.47. The number of piperidine rings is 1. The number of amides is 1. The fraction of sp³-hybridized carbons (Fsp3) is 0.562. The number of para-hydroxylation sites is 2. The van der Waals surface area contributed by atoms with Crippen LogP contribution < -0.4 is 10.2 Å². The van der Waals surface area contributed by atoms with Crippen molar-refractivity contribution >= 4 is 17.3 Å². The molecule has 0 radical (unpaired) electrons. The number of nitro benzene ring substituents is 1. The number of nitrogens with one attached hydrogen (secondary N) is 1. The molecule has 0 spiro atoms. The van der Waals surface area contributed by atoms with Gasteiger partial charge in [0, 0.05) is 31.6 Å². The van der Waals surface area contributed by atoms with E-state index in [0.29, 0.717) is 44.6 Å². The second-order valence-corrected chi connectivity index (χ2v) is 5.94. The van der Waals surface area contributed by atoms with Crippen LogP contribution in [-0.2, 0) is 4.79 Å². The Morgan fingerprint density at radius 3 is 2.70 bits per heavy atom. The number of nitro groups is 1. The van der Waals surface area contributed by atoms with Crippen LogP contribution in [0.25, 0.3) is 0 Å². The first-order chi connectivity index (χ1) is 11.0. The van der Waals surface area contributed by atoms with Crippen molar-refractivity contribution in [2.75, 3.05) is 24.5 Å². The highest BCUT2D eigenvalue weighted by molar-refractivity contribution is 5.79. The predicted octanol–water partition coefficient (Wildman–Crippen LogP) is 1.70. The van der Waals surface area contributed by atoms with Gasteiger partial charge in [-0.2, -0.15) is 0 Å². The van der Waals surface area contributed by atoms with Crippen LogP contribution in [-0.4, -0.2) is 41.7 Å². The van der Waals surface area contributed by atoms with Crippen molar-refractivity contribution in [3.8, 4) is 0 Å². The highest BCUT2D eigenvalue weighted by atomic mass is 16.6. The predicted molar refractivity (Wildman–Crippen MR) is 87.3 cm³/mol. The number of aliphatic hydroxyl groups excluding tert-OH is 1. The summed E-state index contributed by atoms with van der Waals surface area (Å²) in [6, 6.07) is 6.70. The Kier molecular flexibility index (Phi) is 5.92. The van der Waals surface area contributed by atoms with Crippen LogP contribution in [0.5, 0.6) is 0 Å². The molecular formula is C16H23N3O4. The monoisotopic (exact) mass is 321 g/mol. The van der Waals surface area contributed by atoms with E-state index >= 15 is 0 Å². The number of carbonyl (C=O) groups excluding carboxylic acids is 1. The second-order valence-electron chi connectivity index (χ2n) is 5.94. The lowest BCUT2D eigenvalue weighted by Gasteiger charge is -2.32. The lowest BCUT2D eigenvalue weighted by molar-refractivity contribution is -0.384. The molecule has 7 heteroatoms. The minimum absolute atomic E-state index is 0.00728. The van der Waals surface area contributed by atoms with Gasteiger partial charge in [0.15, 0.2) is 0 Å². The van der Waals surface area contributed by atoms with E-state index in [2.05, 4.69) is 5.32 Å². The molecule has 1 saturated heterocycles. The molecule has 126 valence electrons. The lowest BCUT2D eigenvalue weighted by Crippen LogP contribution is -2.41. The molecule has 1 aliphatic rings. The van der Waals surface area contributed by atoms with Gasteiger partial charge in [-0.05, 0) is 32.3 Å². The molecule has 0 aromatic heterocycles. The summed E-state index contributed by atoms with van der Waals surface area (Å²) in [5.74, 6) is -0.0594. The third-order valence-corrected chi connectivity index (χ3v) is 4.15. The van der Waals surface area contributed by atoms with Gasteiger partial charge >= 0.3 is 0 Å². The Morgan fingerprint density at radius 2 is 2.09 bits per heavy atom. The molecule has 1 atom stereocenters. The van der Waals surface area contributed by atoms with Gasteiger partial charge in [-0.1, -0.05) is 12.1 Å². The van der Waals surface area contributed by atoms with E-state index in [1.54, 1.807) is 25.1 Å². The molecule has 0 bridgehead atoms. The number of anilines is 1. The molecule has 7 nitrogen and oxygen atoms in total. The Hall–Kier alpha value is -2.15. The molecule has 1 fully saturated rings. The van der Waals surface area contributed by atoms with Gasteiger partial charge in [0.05, 0.1) is 11.0 Å². The zero-order chi connectivity index (χ0) is 16.8. The summed E-state index contributed by atoms with van der Waals surface area (Å²) in [4.78, 5) is 24.8. The van der Waals surface area contributed by atoms with Crippen LogP contribution in [0.1, 0.15) is 26.2 Å². The maximum Gasteiger partial charge on any atom is 0.292 e. The van der Waals surface area contributed by atoms with Crippen LogP contribution in [0.4, 0.5) is 11.4 Å². The van der Waals surface area contributed by atoms with E-state index in [9.17, 15) is 20.0 Å². The molecule has 0 saturated carbocycles. The Bertz CT molecular complexity index is 554. The maximum atomic E-state index is 12.1. The first-order valence-corrected chi connectivity index (χ1v) is 7.93. The number of carbonyl (C=O) groups is 1. The van der Waals surface area contributed by atoms with Gasteiger partial charge in [-0.15, -0.1) is 0 Å². The van der Waals surface area contributed by atoms with Gasteiger partial charge in [0.1, 0.15) is 5.69 Å². The van der Waals surface area contributed by atoms with Crippen LogP contribution in [0.15, 0.2) is 24.3 Å². The van der Waals surface area contributed by atoms with E-state index in [1.165, 1.54) is 6.07 Å². The van der Waals surface area contributed by atoms with Crippen molar-refractivity contribution in [2.45, 2.75) is 32.3 Å². The number of aliphatic hydroxyl groups is 1. The number of hydrogen-bond donors (Lipinski definition) is 2. The summed E-state index contributed by atoms with van der Waals surface area (Å²) < 4.78 is 0. The molecule has 1 aromatic rings. The Labute approximate surface area is 135 Å². The van der Waals surface area contributed by atoms with Gasteiger partial charge in [-0.3, -0.25) is 14.9 Å². The normalized spacial score (nSPS) is 16.9. The third-order valence-electron chi connectivity index (χ3n) is 4.15. The number of hydrogen-bond acceptors (Lipinski definition) is 5. The first kappa shape index (κ1) is 17.2. The average molecular weight is 321 g/mol. The third kappa shape index (κ3) is 4.66. The zero-order valence-electron chi connectivity index (χ0n) is 13.3. The van der Waals surface area contributed by atoms with E-state index in [4.69, 9.17) is 0 Å². The summed E-state index contributed by atoms with van der Waals surface area (Å²) >= 11 is 0. The minimum atomic E-state index is -0.421. The van der Waals surface area contributed by atoms with E-state index in [1.807, 2.05) is 4.90 Å². The Morgan fingerprint density at radius 1 is 1.43 bits per heavy atom. The van der Waals surface area contributed by atoms with E-state index in [0.717, 1.165) is 0 Å². The van der Waals surface area contributed by atoms with Crippen molar-refractivity contribution in [1.82, 2.24) is 5.32 Å². The highest BCUT2D eigenvalue weighted by Crippen LogP contribution is 2.31. The van der Waals surface area contributed by atoms with Crippen molar-refractivity contribution in [1.29, 1.82) is 0 Å². The SMILES string of the molecule is CC(O)CCNC(=O)C1CCN(c2ccccc2[N+](=O)[O-])CC1. The summed E-state index contributed by atoms with van der Waals surface area (Å²) in [7, 11) is 0. The van der Waals surface area contributed by atoms with E-state index in [-0.39, 0.29) is 22.4 Å². The van der Waals surface area contributed by atoms with Gasteiger partial charge in [-0.25, -0.2) is 0 Å². The molecule has 1 unspecified atom stereocenters. The number of benzene rings is 1. The van der Waals surface area contributed by atoms with Crippen LogP contribution in [0, 0.1) is 16.0 Å². The molecule has 2 rings (SSSR count). The number of rotatable bonds is 6. The summed E-state index contributed by atoms with van der Waals surface area (Å²) in [5, 5.41) is 23.1. The van der Waals surface area contributed by atoms with Crippen molar-refractivity contribution in [3.63, 3.8) is 0 Å². The zero-order valence-corrected chi connectivity index (χ0v) is 13.3. The van der Waals surface area contributed by atoms with Crippen LogP contribution in [0.3, 0.4) is 0 Å². The quantitative estimate of drug-likeness (QED) is 0.614. The molecule has 2 N–H and O–H groups in total. The van der Waals surface area contributed by atoms with Gasteiger partial charge in [0.2, 0.25) is 5.91 Å². The fourth-order valence-electron chi connectivity index (χ4n) is 2.82. The smallest absolute Gasteiger partial charge is 0.292 e. The molecule has 1 heterocycles. The standard InChI is InChI=1S/C16H23N3O4/c1-12(20)6-9-17-16(21)13-7-10-18(11-8-13)14-4-2-3-5-15(14)19(22)23/h2-5,12-13,20H,6-11H2,1H3,(H,17,21). The van der Waals surface area contributed by atoms with Crippen LogP contribution in [0.2, 0.25) is 0 Å². The first-order valence-electron chi connectivity index (χ1n) is 7.93.